The maximum atomic E-state index is 10.0. The summed E-state index contributed by atoms with van der Waals surface area (Å²) in [6.07, 6.45) is 4.10. The van der Waals surface area contributed by atoms with Gasteiger partial charge in [-0.15, -0.1) is 0 Å². The molecule has 4 heteroatoms. The number of rotatable bonds is 1. The minimum atomic E-state index is -1.13. The third-order valence-corrected chi connectivity index (χ3v) is 1.82. The van der Waals surface area contributed by atoms with Crippen LogP contribution in [-0.2, 0) is 4.74 Å². The molecule has 0 spiro atoms. The number of carbonyl (C=O) groups is 1. The van der Waals surface area contributed by atoms with Crippen LogP contribution in [0.4, 0.5) is 4.79 Å². The quantitative estimate of drug-likeness (QED) is 0.458. The number of hydrogen-bond donors (Lipinski definition) is 1. The van der Waals surface area contributed by atoms with Gasteiger partial charge < -0.3 is 9.84 Å². The molecule has 72 valence electrons. The molecule has 12 heavy (non-hydrogen) atoms. The minimum absolute atomic E-state index is 0.0220. The fraction of sp³-hybridized carbons (Fsp3) is 0.875. The van der Waals surface area contributed by atoms with Gasteiger partial charge in [0.1, 0.15) is 6.10 Å². The highest BCUT2D eigenvalue weighted by Gasteiger charge is 2.16. The zero-order chi connectivity index (χ0) is 9.40. The summed E-state index contributed by atoms with van der Waals surface area (Å²) in [7, 11) is 0. The highest BCUT2D eigenvalue weighted by Crippen LogP contribution is 2.19. The fourth-order valence-corrected chi connectivity index (χ4v) is 1.33. The van der Waals surface area contributed by atoms with Crippen molar-refractivity contribution in [3.63, 3.8) is 0 Å². The van der Waals surface area contributed by atoms with Gasteiger partial charge in [0.25, 0.3) is 0 Å². The van der Waals surface area contributed by atoms with Crippen molar-refractivity contribution < 1.29 is 14.6 Å². The van der Waals surface area contributed by atoms with Gasteiger partial charge in [-0.25, -0.2) is 4.79 Å². The largest absolute Gasteiger partial charge is 0.506 e. The standard InChI is InChI=1S/C7H12O3.CH3I/c8-7(9)10-6-4-2-1-3-5-6;1-2/h6H,1-5H2,(H,8,9);1H3. The van der Waals surface area contributed by atoms with Gasteiger partial charge in [0.05, 0.1) is 0 Å². The first-order valence-corrected chi connectivity index (χ1v) is 6.22. The number of carboxylic acid groups (broad SMARTS) is 1. The molecule has 1 N–H and O–H groups in total. The Bertz CT molecular complexity index is 121. The van der Waals surface area contributed by atoms with E-state index >= 15 is 0 Å². The Morgan fingerprint density at radius 3 is 2.25 bits per heavy atom. The van der Waals surface area contributed by atoms with Crippen LogP contribution in [0.2, 0.25) is 0 Å². The average molecular weight is 286 g/mol. The van der Waals surface area contributed by atoms with Crippen LogP contribution in [-0.4, -0.2) is 22.3 Å². The van der Waals surface area contributed by atoms with Crippen molar-refractivity contribution in [1.82, 2.24) is 0 Å². The monoisotopic (exact) mass is 286 g/mol. The lowest BCUT2D eigenvalue weighted by Gasteiger charge is -2.19. The first-order chi connectivity index (χ1) is 5.79. The molecule has 0 aromatic carbocycles. The molecule has 1 rings (SSSR count). The summed E-state index contributed by atoms with van der Waals surface area (Å²) in [5.41, 5.74) is 0. The lowest BCUT2D eigenvalue weighted by molar-refractivity contribution is 0.0358. The van der Waals surface area contributed by atoms with Crippen molar-refractivity contribution in [3.8, 4) is 0 Å². The molecule has 0 radical (unpaired) electrons. The molecule has 0 saturated heterocycles. The van der Waals surface area contributed by atoms with Crippen LogP contribution in [0.1, 0.15) is 32.1 Å². The smallest absolute Gasteiger partial charge is 0.450 e. The predicted octanol–water partition coefficient (Wildman–Crippen LogP) is 3.06. The van der Waals surface area contributed by atoms with Crippen LogP contribution in [0.3, 0.4) is 0 Å². The van der Waals surface area contributed by atoms with Gasteiger partial charge in [-0.05, 0) is 30.6 Å². The molecule has 1 aliphatic rings. The van der Waals surface area contributed by atoms with Gasteiger partial charge >= 0.3 is 6.16 Å². The predicted molar refractivity (Wildman–Crippen MR) is 55.9 cm³/mol. The van der Waals surface area contributed by atoms with E-state index in [4.69, 9.17) is 5.11 Å². The van der Waals surface area contributed by atoms with Gasteiger partial charge in [-0.3, -0.25) is 0 Å². The molecule has 0 bridgehead atoms. The van der Waals surface area contributed by atoms with Crippen molar-refractivity contribution >= 4 is 28.7 Å². The van der Waals surface area contributed by atoms with E-state index in [2.05, 4.69) is 27.3 Å². The summed E-state index contributed by atoms with van der Waals surface area (Å²) in [5, 5.41) is 8.24. The summed E-state index contributed by atoms with van der Waals surface area (Å²) in [6, 6.07) is 0. The molecule has 1 fully saturated rings. The summed E-state index contributed by atoms with van der Waals surface area (Å²) < 4.78 is 4.61. The minimum Gasteiger partial charge on any atom is -0.450 e. The molecule has 0 aliphatic heterocycles. The van der Waals surface area contributed by atoms with Gasteiger partial charge in [0.15, 0.2) is 0 Å². The van der Waals surface area contributed by atoms with Crippen molar-refractivity contribution in [2.24, 2.45) is 0 Å². The Labute approximate surface area is 86.6 Å². The molecule has 0 aromatic rings. The van der Waals surface area contributed by atoms with Crippen molar-refractivity contribution in [2.45, 2.75) is 38.2 Å². The van der Waals surface area contributed by atoms with Crippen molar-refractivity contribution in [3.05, 3.63) is 0 Å². The van der Waals surface area contributed by atoms with Crippen LogP contribution < -0.4 is 0 Å². The Hall–Kier alpha value is 0. The first-order valence-electron chi connectivity index (χ1n) is 4.06. The van der Waals surface area contributed by atoms with Crippen LogP contribution in [0.25, 0.3) is 0 Å². The van der Waals surface area contributed by atoms with Gasteiger partial charge in [0, 0.05) is 0 Å². The van der Waals surface area contributed by atoms with E-state index in [0.717, 1.165) is 25.7 Å². The van der Waals surface area contributed by atoms with E-state index in [9.17, 15) is 4.79 Å². The summed E-state index contributed by atoms with van der Waals surface area (Å²) in [5.74, 6) is 0. The number of ether oxygens (including phenoxy) is 1. The zero-order valence-corrected chi connectivity index (χ0v) is 9.41. The molecule has 0 aromatic heterocycles. The van der Waals surface area contributed by atoms with Crippen LogP contribution in [0, 0.1) is 0 Å². The average Bonchev–Trinajstić information content (AvgIpc) is 2.08. The summed E-state index contributed by atoms with van der Waals surface area (Å²) in [4.78, 5) is 12.0. The lowest BCUT2D eigenvalue weighted by atomic mass is 9.98. The molecule has 1 saturated carbocycles. The lowest BCUT2D eigenvalue weighted by Crippen LogP contribution is -2.19. The Kier molecular flexibility index (Phi) is 7.64. The molecule has 0 unspecified atom stereocenters. The molecular formula is C8H15IO3. The van der Waals surface area contributed by atoms with E-state index in [-0.39, 0.29) is 6.10 Å². The topological polar surface area (TPSA) is 46.5 Å². The molecule has 0 amide bonds. The second-order valence-corrected chi connectivity index (χ2v) is 2.64. The van der Waals surface area contributed by atoms with E-state index in [0.29, 0.717) is 0 Å². The van der Waals surface area contributed by atoms with E-state index in [1.165, 1.54) is 6.42 Å². The van der Waals surface area contributed by atoms with Crippen LogP contribution in [0.15, 0.2) is 0 Å². The maximum absolute atomic E-state index is 10.0. The SMILES string of the molecule is CI.O=C(O)OC1CCCCC1. The fourth-order valence-electron chi connectivity index (χ4n) is 1.33. The van der Waals surface area contributed by atoms with E-state index < -0.39 is 6.16 Å². The second kappa shape index (κ2) is 7.64. The third-order valence-electron chi connectivity index (χ3n) is 1.82. The Morgan fingerprint density at radius 2 is 1.83 bits per heavy atom. The zero-order valence-electron chi connectivity index (χ0n) is 7.25. The van der Waals surface area contributed by atoms with Crippen molar-refractivity contribution in [2.75, 3.05) is 4.93 Å². The third kappa shape index (κ3) is 5.62. The van der Waals surface area contributed by atoms with Crippen molar-refractivity contribution in [1.29, 1.82) is 0 Å². The second-order valence-electron chi connectivity index (χ2n) is 2.64. The molecule has 3 nitrogen and oxygen atoms in total. The molecule has 0 atom stereocenters. The van der Waals surface area contributed by atoms with E-state index in [1.807, 2.05) is 4.93 Å². The van der Waals surface area contributed by atoms with Gasteiger partial charge in [-0.2, -0.15) is 0 Å². The first kappa shape index (κ1) is 12.0. The molecule has 1 aliphatic carbocycles. The summed E-state index contributed by atoms with van der Waals surface area (Å²) >= 11 is 2.15. The number of alkyl halides is 1. The maximum Gasteiger partial charge on any atom is 0.506 e. The Morgan fingerprint density at radius 1 is 1.33 bits per heavy atom. The van der Waals surface area contributed by atoms with Crippen LogP contribution >= 0.6 is 22.6 Å². The number of halogens is 1. The molecule has 0 heterocycles. The highest BCUT2D eigenvalue weighted by atomic mass is 127. The van der Waals surface area contributed by atoms with E-state index in [1.54, 1.807) is 0 Å². The number of hydrogen-bond acceptors (Lipinski definition) is 2. The summed E-state index contributed by atoms with van der Waals surface area (Å²) in [6.45, 7) is 0. The van der Waals surface area contributed by atoms with Crippen LogP contribution in [0.5, 0.6) is 0 Å². The molecular weight excluding hydrogens is 271 g/mol. The van der Waals surface area contributed by atoms with Gasteiger partial charge in [0.2, 0.25) is 0 Å². The highest BCUT2D eigenvalue weighted by molar-refractivity contribution is 14.1. The normalized spacial score (nSPS) is 17.5. The van der Waals surface area contributed by atoms with Gasteiger partial charge in [-0.1, -0.05) is 29.0 Å². The Balaban J connectivity index is 0.000000561.